The molecule has 0 unspecified atom stereocenters. The summed E-state index contributed by atoms with van der Waals surface area (Å²) in [5.41, 5.74) is 3.36. The van der Waals surface area contributed by atoms with Crippen LogP contribution in [0.4, 0.5) is 0 Å². The second-order valence-electron chi connectivity index (χ2n) is 7.73. The lowest BCUT2D eigenvalue weighted by molar-refractivity contribution is -0.135. The van der Waals surface area contributed by atoms with Gasteiger partial charge in [0.25, 0.3) is 0 Å². The van der Waals surface area contributed by atoms with Gasteiger partial charge >= 0.3 is 0 Å². The van der Waals surface area contributed by atoms with Gasteiger partial charge < -0.3 is 14.6 Å². The van der Waals surface area contributed by atoms with E-state index in [1.807, 2.05) is 12.1 Å². The molecule has 0 aliphatic carbocycles. The van der Waals surface area contributed by atoms with Crippen LogP contribution in [-0.4, -0.2) is 65.6 Å². The summed E-state index contributed by atoms with van der Waals surface area (Å²) in [5.74, 6) is 0.247. The Labute approximate surface area is 155 Å². The molecule has 0 bridgehead atoms. The molecule has 1 aromatic heterocycles. The zero-order chi connectivity index (χ0) is 18.1. The SMILES string of the molecule is Cc1[nH]c2ccccc2c1CC(=O)N1CCN(C2CCOCC2)C[C@@H]1C. The zero-order valence-corrected chi connectivity index (χ0v) is 15.8. The molecule has 5 nitrogen and oxygen atoms in total. The van der Waals surface area contributed by atoms with Crippen LogP contribution < -0.4 is 0 Å². The number of benzene rings is 1. The van der Waals surface area contributed by atoms with Crippen LogP contribution in [0.2, 0.25) is 0 Å². The van der Waals surface area contributed by atoms with Gasteiger partial charge in [0.15, 0.2) is 0 Å². The fourth-order valence-electron chi connectivity index (χ4n) is 4.55. The van der Waals surface area contributed by atoms with E-state index in [9.17, 15) is 4.79 Å². The molecule has 140 valence electrons. The van der Waals surface area contributed by atoms with Gasteiger partial charge in [0.1, 0.15) is 0 Å². The van der Waals surface area contributed by atoms with Crippen molar-refractivity contribution in [2.24, 2.45) is 0 Å². The molecule has 1 atom stereocenters. The number of H-pyrrole nitrogens is 1. The number of hydrogen-bond acceptors (Lipinski definition) is 3. The Kier molecular flexibility index (Phi) is 5.00. The number of carbonyl (C=O) groups excluding carboxylic acids is 1. The molecule has 4 rings (SSSR count). The minimum atomic E-state index is 0.247. The third kappa shape index (κ3) is 3.38. The van der Waals surface area contributed by atoms with Gasteiger partial charge in [-0.3, -0.25) is 9.69 Å². The lowest BCUT2D eigenvalue weighted by Gasteiger charge is -2.44. The van der Waals surface area contributed by atoms with Crippen LogP contribution in [0.15, 0.2) is 24.3 Å². The molecule has 1 amide bonds. The third-order valence-corrected chi connectivity index (χ3v) is 6.04. The number of ether oxygens (including phenoxy) is 1. The Morgan fingerprint density at radius 3 is 2.77 bits per heavy atom. The van der Waals surface area contributed by atoms with Crippen molar-refractivity contribution < 1.29 is 9.53 Å². The fourth-order valence-corrected chi connectivity index (χ4v) is 4.55. The first-order valence-corrected chi connectivity index (χ1v) is 9.81. The maximum absolute atomic E-state index is 13.0. The number of piperazine rings is 1. The molecule has 5 heteroatoms. The molecular weight excluding hydrogens is 326 g/mol. The van der Waals surface area contributed by atoms with Crippen LogP contribution in [0.3, 0.4) is 0 Å². The summed E-state index contributed by atoms with van der Waals surface area (Å²) < 4.78 is 5.49. The highest BCUT2D eigenvalue weighted by Crippen LogP contribution is 2.24. The Morgan fingerprint density at radius 1 is 1.23 bits per heavy atom. The van der Waals surface area contributed by atoms with Gasteiger partial charge in [0.05, 0.1) is 6.42 Å². The van der Waals surface area contributed by atoms with Gasteiger partial charge in [-0.1, -0.05) is 18.2 Å². The predicted molar refractivity (Wildman–Crippen MR) is 103 cm³/mol. The summed E-state index contributed by atoms with van der Waals surface area (Å²) in [5, 5.41) is 1.17. The van der Waals surface area contributed by atoms with Crippen LogP contribution >= 0.6 is 0 Å². The molecule has 2 aliphatic rings. The first-order valence-electron chi connectivity index (χ1n) is 9.81. The van der Waals surface area contributed by atoms with Crippen LogP contribution in [0.5, 0.6) is 0 Å². The Balaban J connectivity index is 1.43. The molecule has 2 aromatic rings. The lowest BCUT2D eigenvalue weighted by Crippen LogP contribution is -2.57. The summed E-state index contributed by atoms with van der Waals surface area (Å²) in [6, 6.07) is 9.14. The Hall–Kier alpha value is -1.85. The van der Waals surface area contributed by atoms with Gasteiger partial charge in [-0.05, 0) is 38.3 Å². The molecule has 0 saturated carbocycles. The maximum Gasteiger partial charge on any atom is 0.227 e. The molecule has 2 fully saturated rings. The van der Waals surface area contributed by atoms with E-state index < -0.39 is 0 Å². The van der Waals surface area contributed by atoms with Crippen LogP contribution in [0.1, 0.15) is 31.0 Å². The second kappa shape index (κ2) is 7.41. The van der Waals surface area contributed by atoms with E-state index in [2.05, 4.69) is 40.8 Å². The van der Waals surface area contributed by atoms with Crippen molar-refractivity contribution in [3.63, 3.8) is 0 Å². The second-order valence-corrected chi connectivity index (χ2v) is 7.73. The maximum atomic E-state index is 13.0. The number of nitrogens with one attached hydrogen (secondary N) is 1. The number of carbonyl (C=O) groups is 1. The van der Waals surface area contributed by atoms with Crippen molar-refractivity contribution >= 4 is 16.8 Å². The van der Waals surface area contributed by atoms with Crippen molar-refractivity contribution in [2.45, 2.75) is 45.2 Å². The molecule has 26 heavy (non-hydrogen) atoms. The van der Waals surface area contributed by atoms with Gasteiger partial charge in [0, 0.05) is 61.5 Å². The molecule has 2 saturated heterocycles. The molecule has 2 aliphatic heterocycles. The largest absolute Gasteiger partial charge is 0.381 e. The molecule has 0 radical (unpaired) electrons. The summed E-state index contributed by atoms with van der Waals surface area (Å²) in [6.07, 6.45) is 2.72. The van der Waals surface area contributed by atoms with Crippen molar-refractivity contribution in [2.75, 3.05) is 32.8 Å². The monoisotopic (exact) mass is 355 g/mol. The highest BCUT2D eigenvalue weighted by Gasteiger charge is 2.32. The lowest BCUT2D eigenvalue weighted by atomic mass is 10.0. The van der Waals surface area contributed by atoms with Gasteiger partial charge in [-0.25, -0.2) is 0 Å². The minimum absolute atomic E-state index is 0.247. The summed E-state index contributed by atoms with van der Waals surface area (Å²) in [4.78, 5) is 21.1. The highest BCUT2D eigenvalue weighted by molar-refractivity contribution is 5.90. The average molecular weight is 355 g/mol. The van der Waals surface area contributed by atoms with Crippen molar-refractivity contribution in [1.29, 1.82) is 0 Å². The average Bonchev–Trinajstić information content (AvgIpc) is 2.98. The van der Waals surface area contributed by atoms with Crippen molar-refractivity contribution in [1.82, 2.24) is 14.8 Å². The van der Waals surface area contributed by atoms with Crippen molar-refractivity contribution in [3.05, 3.63) is 35.5 Å². The van der Waals surface area contributed by atoms with Crippen LogP contribution in [0, 0.1) is 6.92 Å². The van der Waals surface area contributed by atoms with E-state index in [0.29, 0.717) is 12.5 Å². The first kappa shape index (κ1) is 17.6. The number of fused-ring (bicyclic) bond motifs is 1. The minimum Gasteiger partial charge on any atom is -0.381 e. The van der Waals surface area contributed by atoms with E-state index >= 15 is 0 Å². The highest BCUT2D eigenvalue weighted by atomic mass is 16.5. The van der Waals surface area contributed by atoms with Gasteiger partial charge in [-0.15, -0.1) is 0 Å². The molecular formula is C21H29N3O2. The number of aromatic amines is 1. The number of nitrogens with zero attached hydrogens (tertiary/aromatic N) is 2. The quantitative estimate of drug-likeness (QED) is 0.921. The van der Waals surface area contributed by atoms with E-state index in [0.717, 1.165) is 62.5 Å². The number of aryl methyl sites for hydroxylation is 1. The normalized spacial score (nSPS) is 22.8. The van der Waals surface area contributed by atoms with Gasteiger partial charge in [0.2, 0.25) is 5.91 Å². The third-order valence-electron chi connectivity index (χ3n) is 6.04. The summed E-state index contributed by atoms with van der Waals surface area (Å²) >= 11 is 0. The molecule has 0 spiro atoms. The number of hydrogen-bond donors (Lipinski definition) is 1. The molecule has 1 N–H and O–H groups in total. The fraction of sp³-hybridized carbons (Fsp3) is 0.571. The molecule has 1 aromatic carbocycles. The number of aromatic nitrogens is 1. The van der Waals surface area contributed by atoms with Crippen LogP contribution in [-0.2, 0) is 16.0 Å². The number of amides is 1. The number of para-hydroxylation sites is 1. The smallest absolute Gasteiger partial charge is 0.227 e. The van der Waals surface area contributed by atoms with E-state index in [1.165, 1.54) is 5.39 Å². The van der Waals surface area contributed by atoms with E-state index in [4.69, 9.17) is 4.74 Å². The van der Waals surface area contributed by atoms with Gasteiger partial charge in [-0.2, -0.15) is 0 Å². The van der Waals surface area contributed by atoms with Crippen molar-refractivity contribution in [3.8, 4) is 0 Å². The number of rotatable bonds is 3. The van der Waals surface area contributed by atoms with Crippen LogP contribution in [0.25, 0.3) is 10.9 Å². The standard InChI is InChI=1S/C21H29N3O2/c1-15-14-23(17-7-11-26-12-8-17)9-10-24(15)21(25)13-19-16(2)22-20-6-4-3-5-18(19)20/h3-6,15,17,22H,7-14H2,1-2H3/t15-/m0/s1. The van der Waals surface area contributed by atoms with E-state index in [-0.39, 0.29) is 11.9 Å². The topological polar surface area (TPSA) is 48.6 Å². The first-order chi connectivity index (χ1) is 12.6. The van der Waals surface area contributed by atoms with E-state index in [1.54, 1.807) is 0 Å². The predicted octanol–water partition coefficient (Wildman–Crippen LogP) is 2.73. The summed E-state index contributed by atoms with van der Waals surface area (Å²) in [7, 11) is 0. The zero-order valence-electron chi connectivity index (χ0n) is 15.8. The summed E-state index contributed by atoms with van der Waals surface area (Å²) in [6.45, 7) is 8.78. The molecule has 3 heterocycles. The Bertz CT molecular complexity index is 779. The Morgan fingerprint density at radius 2 is 2.00 bits per heavy atom.